The monoisotopic (exact) mass is 280 g/mol. The van der Waals surface area contributed by atoms with Crippen LogP contribution in [0, 0.1) is 0 Å². The van der Waals surface area contributed by atoms with Gasteiger partial charge in [0.25, 0.3) is 0 Å². The highest BCUT2D eigenvalue weighted by Crippen LogP contribution is 2.20. The van der Waals surface area contributed by atoms with Gasteiger partial charge < -0.3 is 25.1 Å². The SMILES string of the molecule is CC(C)(C)[NH2+]CC(O)COc1cccc2[nH]c(=O)[nH]c12. The summed E-state index contributed by atoms with van der Waals surface area (Å²) in [5.41, 5.74) is 1.14. The van der Waals surface area contributed by atoms with Crippen molar-refractivity contribution < 1.29 is 15.2 Å². The van der Waals surface area contributed by atoms with Crippen LogP contribution < -0.4 is 15.7 Å². The predicted molar refractivity (Wildman–Crippen MR) is 77.0 cm³/mol. The van der Waals surface area contributed by atoms with Crippen molar-refractivity contribution in [3.8, 4) is 5.75 Å². The van der Waals surface area contributed by atoms with Crippen molar-refractivity contribution >= 4 is 11.0 Å². The Morgan fingerprint density at radius 3 is 2.80 bits per heavy atom. The van der Waals surface area contributed by atoms with E-state index in [1.165, 1.54) is 0 Å². The molecule has 0 amide bonds. The first-order valence-corrected chi connectivity index (χ1v) is 6.71. The number of H-pyrrole nitrogens is 2. The average Bonchev–Trinajstić information content (AvgIpc) is 2.73. The molecule has 0 saturated carbocycles. The first-order chi connectivity index (χ1) is 9.35. The van der Waals surface area contributed by atoms with Crippen molar-refractivity contribution in [2.24, 2.45) is 0 Å². The minimum Gasteiger partial charge on any atom is -0.488 e. The van der Waals surface area contributed by atoms with Gasteiger partial charge in [-0.3, -0.25) is 0 Å². The minimum absolute atomic E-state index is 0.0763. The zero-order valence-electron chi connectivity index (χ0n) is 12.1. The van der Waals surface area contributed by atoms with Crippen LogP contribution in [0.4, 0.5) is 0 Å². The van der Waals surface area contributed by atoms with Crippen LogP contribution in [0.3, 0.4) is 0 Å². The highest BCUT2D eigenvalue weighted by molar-refractivity contribution is 5.80. The third kappa shape index (κ3) is 3.85. The Morgan fingerprint density at radius 2 is 2.10 bits per heavy atom. The van der Waals surface area contributed by atoms with E-state index >= 15 is 0 Å². The Morgan fingerprint density at radius 1 is 1.35 bits per heavy atom. The fourth-order valence-electron chi connectivity index (χ4n) is 1.90. The number of aromatic amines is 2. The van der Waals surface area contributed by atoms with Crippen molar-refractivity contribution in [2.75, 3.05) is 13.2 Å². The van der Waals surface area contributed by atoms with Crippen LogP contribution in [0.5, 0.6) is 5.75 Å². The van der Waals surface area contributed by atoms with Crippen LogP contribution in [0.1, 0.15) is 20.8 Å². The number of hydrogen-bond donors (Lipinski definition) is 4. The molecule has 1 aromatic carbocycles. The zero-order chi connectivity index (χ0) is 14.8. The van der Waals surface area contributed by atoms with Crippen LogP contribution in [0.2, 0.25) is 0 Å². The summed E-state index contributed by atoms with van der Waals surface area (Å²) in [6.07, 6.45) is -0.560. The van der Waals surface area contributed by atoms with E-state index in [0.29, 0.717) is 23.3 Å². The number of aliphatic hydroxyl groups excluding tert-OH is 1. The fraction of sp³-hybridized carbons (Fsp3) is 0.500. The molecule has 0 saturated heterocycles. The molecule has 2 rings (SSSR count). The molecule has 0 radical (unpaired) electrons. The number of nitrogens with one attached hydrogen (secondary N) is 2. The van der Waals surface area contributed by atoms with E-state index in [0.717, 1.165) is 0 Å². The van der Waals surface area contributed by atoms with Crippen LogP contribution in [0.15, 0.2) is 23.0 Å². The van der Waals surface area contributed by atoms with Crippen LogP contribution in [0.25, 0.3) is 11.0 Å². The van der Waals surface area contributed by atoms with Crippen molar-refractivity contribution in [1.29, 1.82) is 0 Å². The summed E-state index contributed by atoms with van der Waals surface area (Å²) in [6.45, 7) is 7.03. The normalized spacial score (nSPS) is 13.6. The number of imidazole rings is 1. The molecule has 1 heterocycles. The van der Waals surface area contributed by atoms with E-state index in [1.807, 2.05) is 0 Å². The maximum absolute atomic E-state index is 11.3. The fourth-order valence-corrected chi connectivity index (χ4v) is 1.90. The van der Waals surface area contributed by atoms with Gasteiger partial charge in [0.05, 0.1) is 11.1 Å². The van der Waals surface area contributed by atoms with Crippen molar-refractivity contribution in [3.63, 3.8) is 0 Å². The first kappa shape index (κ1) is 14.6. The summed E-state index contributed by atoms with van der Waals surface area (Å²) in [6, 6.07) is 5.37. The van der Waals surface area contributed by atoms with Gasteiger partial charge in [-0.25, -0.2) is 4.79 Å². The lowest BCUT2D eigenvalue weighted by Gasteiger charge is -2.19. The summed E-state index contributed by atoms with van der Waals surface area (Å²) < 4.78 is 5.60. The summed E-state index contributed by atoms with van der Waals surface area (Å²) in [7, 11) is 0. The standard InChI is InChI=1S/C14H21N3O3/c1-14(2,3)15-7-9(18)8-20-11-6-4-5-10-12(11)17-13(19)16-10/h4-6,9,15,18H,7-8H2,1-3H3,(H2,16,17,19)/p+1. The molecule has 6 heteroatoms. The molecule has 2 aromatic rings. The van der Waals surface area contributed by atoms with Gasteiger partial charge in [0.2, 0.25) is 0 Å². The average molecular weight is 280 g/mol. The van der Waals surface area contributed by atoms with Gasteiger partial charge in [0.15, 0.2) is 0 Å². The topological polar surface area (TPSA) is 94.7 Å². The molecule has 0 spiro atoms. The number of aliphatic hydroxyl groups is 1. The molecule has 0 fully saturated rings. The van der Waals surface area contributed by atoms with Gasteiger partial charge in [0.1, 0.15) is 30.5 Å². The number of para-hydroxylation sites is 1. The number of aromatic nitrogens is 2. The van der Waals surface area contributed by atoms with Crippen LogP contribution in [-0.4, -0.2) is 39.9 Å². The Hall–Kier alpha value is -1.79. The third-order valence-electron chi connectivity index (χ3n) is 2.95. The van der Waals surface area contributed by atoms with Gasteiger partial charge in [-0.1, -0.05) is 6.07 Å². The molecule has 1 atom stereocenters. The van der Waals surface area contributed by atoms with Crippen molar-refractivity contribution in [3.05, 3.63) is 28.7 Å². The quantitative estimate of drug-likeness (QED) is 0.619. The molecule has 110 valence electrons. The maximum Gasteiger partial charge on any atom is 0.323 e. The van der Waals surface area contributed by atoms with Gasteiger partial charge in [-0.05, 0) is 32.9 Å². The summed E-state index contributed by atoms with van der Waals surface area (Å²) in [4.78, 5) is 16.6. The van der Waals surface area contributed by atoms with Gasteiger partial charge in [-0.2, -0.15) is 0 Å². The van der Waals surface area contributed by atoms with Crippen molar-refractivity contribution in [1.82, 2.24) is 9.97 Å². The molecule has 5 N–H and O–H groups in total. The summed E-state index contributed by atoms with van der Waals surface area (Å²) >= 11 is 0. The number of nitrogens with two attached hydrogens (primary N) is 1. The summed E-state index contributed by atoms with van der Waals surface area (Å²) in [5, 5.41) is 12.0. The van der Waals surface area contributed by atoms with Gasteiger partial charge in [0, 0.05) is 0 Å². The van der Waals surface area contributed by atoms with E-state index in [2.05, 4.69) is 36.1 Å². The number of quaternary nitrogens is 1. The number of fused-ring (bicyclic) bond motifs is 1. The molecule has 1 unspecified atom stereocenters. The minimum atomic E-state index is -0.560. The maximum atomic E-state index is 11.3. The molecule has 0 aliphatic rings. The van der Waals surface area contributed by atoms with Gasteiger partial charge in [-0.15, -0.1) is 0 Å². The largest absolute Gasteiger partial charge is 0.488 e. The molecule has 6 nitrogen and oxygen atoms in total. The lowest BCUT2D eigenvalue weighted by Crippen LogP contribution is -2.96. The Kier molecular flexibility index (Phi) is 4.15. The van der Waals surface area contributed by atoms with Crippen LogP contribution in [-0.2, 0) is 0 Å². The van der Waals surface area contributed by atoms with E-state index in [4.69, 9.17) is 4.74 Å². The van der Waals surface area contributed by atoms with E-state index in [9.17, 15) is 9.90 Å². The van der Waals surface area contributed by atoms with E-state index in [-0.39, 0.29) is 17.8 Å². The second-order valence-corrected chi connectivity index (χ2v) is 6.03. The first-order valence-electron chi connectivity index (χ1n) is 6.71. The molecule has 0 bridgehead atoms. The molecule has 1 aromatic heterocycles. The second kappa shape index (κ2) is 5.68. The molecule has 0 aliphatic heterocycles. The van der Waals surface area contributed by atoms with E-state index < -0.39 is 6.10 Å². The smallest absolute Gasteiger partial charge is 0.323 e. The molecular weight excluding hydrogens is 258 g/mol. The van der Waals surface area contributed by atoms with Gasteiger partial charge >= 0.3 is 5.69 Å². The lowest BCUT2D eigenvalue weighted by molar-refractivity contribution is -0.722. The van der Waals surface area contributed by atoms with Crippen LogP contribution >= 0.6 is 0 Å². The lowest BCUT2D eigenvalue weighted by atomic mass is 10.1. The summed E-state index contributed by atoms with van der Waals surface area (Å²) in [5.74, 6) is 0.565. The molecule has 20 heavy (non-hydrogen) atoms. The predicted octanol–water partition coefficient (Wildman–Crippen LogP) is -0.0422. The number of benzene rings is 1. The van der Waals surface area contributed by atoms with E-state index in [1.54, 1.807) is 18.2 Å². The van der Waals surface area contributed by atoms with Crippen molar-refractivity contribution in [2.45, 2.75) is 32.4 Å². The Balaban J connectivity index is 1.97. The Bertz CT molecular complexity index is 624. The Labute approximate surface area is 117 Å². The second-order valence-electron chi connectivity index (χ2n) is 6.03. The highest BCUT2D eigenvalue weighted by Gasteiger charge is 2.17. The number of rotatable bonds is 5. The highest BCUT2D eigenvalue weighted by atomic mass is 16.5. The third-order valence-corrected chi connectivity index (χ3v) is 2.95. The molecular formula is C14H22N3O3+. The number of hydrogen-bond acceptors (Lipinski definition) is 3. The molecule has 0 aliphatic carbocycles. The zero-order valence-corrected chi connectivity index (χ0v) is 12.1. The number of ether oxygens (including phenoxy) is 1.